The monoisotopic (exact) mass is 439 g/mol. The lowest BCUT2D eigenvalue weighted by Crippen LogP contribution is -2.36. The van der Waals surface area contributed by atoms with E-state index in [9.17, 15) is 24.3 Å². The van der Waals surface area contributed by atoms with E-state index in [0.29, 0.717) is 22.3 Å². The fourth-order valence-corrected chi connectivity index (χ4v) is 3.61. The molecule has 2 atom stereocenters. The Morgan fingerprint density at radius 2 is 1.62 bits per heavy atom. The van der Waals surface area contributed by atoms with Crippen molar-refractivity contribution in [2.45, 2.75) is 39.7 Å². The summed E-state index contributed by atoms with van der Waals surface area (Å²) >= 11 is 0. The molecule has 3 amide bonds. The molecule has 5 N–H and O–H groups in total. The minimum Gasteiger partial charge on any atom is -0.481 e. The lowest BCUT2D eigenvalue weighted by atomic mass is 9.91. The van der Waals surface area contributed by atoms with Crippen LogP contribution in [0.3, 0.4) is 0 Å². The Hall–Kier alpha value is -3.68. The highest BCUT2D eigenvalue weighted by Gasteiger charge is 2.22. The highest BCUT2D eigenvalue weighted by atomic mass is 16.4. The van der Waals surface area contributed by atoms with Crippen molar-refractivity contribution in [2.24, 2.45) is 11.7 Å². The normalized spacial score (nSPS) is 12.5. The molecule has 0 aromatic heterocycles. The molecule has 0 spiro atoms. The van der Waals surface area contributed by atoms with E-state index in [1.165, 1.54) is 0 Å². The summed E-state index contributed by atoms with van der Waals surface area (Å²) in [5.41, 5.74) is 8.20. The van der Waals surface area contributed by atoms with Crippen molar-refractivity contribution in [1.82, 2.24) is 10.6 Å². The summed E-state index contributed by atoms with van der Waals surface area (Å²) in [4.78, 5) is 47.7. The number of carbonyl (C=O) groups is 4. The number of ketones is 1. The van der Waals surface area contributed by atoms with Gasteiger partial charge in [0.05, 0.1) is 12.0 Å². The zero-order valence-electron chi connectivity index (χ0n) is 18.5. The average Bonchev–Trinajstić information content (AvgIpc) is 2.73. The van der Waals surface area contributed by atoms with E-state index in [4.69, 9.17) is 5.73 Å². The average molecular weight is 440 g/mol. The first kappa shape index (κ1) is 24.6. The number of primary amides is 1. The molecule has 0 saturated carbocycles. The van der Waals surface area contributed by atoms with Crippen molar-refractivity contribution < 1.29 is 24.3 Å². The van der Waals surface area contributed by atoms with Crippen LogP contribution in [0.25, 0.3) is 0 Å². The molecule has 2 aromatic rings. The van der Waals surface area contributed by atoms with E-state index < -0.39 is 17.9 Å². The van der Waals surface area contributed by atoms with Gasteiger partial charge in [-0.15, -0.1) is 0 Å². The molecule has 0 aliphatic heterocycles. The van der Waals surface area contributed by atoms with E-state index in [0.717, 1.165) is 5.56 Å². The summed E-state index contributed by atoms with van der Waals surface area (Å²) in [5, 5.41) is 14.5. The van der Waals surface area contributed by atoms with E-state index in [2.05, 4.69) is 10.6 Å². The van der Waals surface area contributed by atoms with Gasteiger partial charge in [-0.1, -0.05) is 30.3 Å². The van der Waals surface area contributed by atoms with Gasteiger partial charge in [-0.25, -0.2) is 4.79 Å². The van der Waals surface area contributed by atoms with E-state index in [1.807, 2.05) is 37.3 Å². The van der Waals surface area contributed by atoms with Gasteiger partial charge in [0.15, 0.2) is 5.78 Å². The molecule has 8 nitrogen and oxygen atoms in total. The van der Waals surface area contributed by atoms with Crippen LogP contribution in [0.4, 0.5) is 4.79 Å². The van der Waals surface area contributed by atoms with Gasteiger partial charge in [-0.05, 0) is 56.0 Å². The third-order valence-corrected chi connectivity index (χ3v) is 5.31. The Morgan fingerprint density at radius 3 is 2.16 bits per heavy atom. The smallest absolute Gasteiger partial charge is 0.312 e. The molecule has 0 radical (unpaired) electrons. The Bertz CT molecular complexity index is 981. The van der Waals surface area contributed by atoms with Gasteiger partial charge < -0.3 is 21.5 Å². The maximum atomic E-state index is 12.8. The highest BCUT2D eigenvalue weighted by molar-refractivity contribution is 6.01. The van der Waals surface area contributed by atoms with Crippen LogP contribution in [0.5, 0.6) is 0 Å². The number of nitrogens with one attached hydrogen (secondary N) is 2. The molecular weight excluding hydrogens is 410 g/mol. The first-order chi connectivity index (χ1) is 15.1. The minimum absolute atomic E-state index is 0.00429. The van der Waals surface area contributed by atoms with Crippen LogP contribution >= 0.6 is 0 Å². The number of rotatable bonds is 10. The second-order valence-corrected chi connectivity index (χ2v) is 7.83. The molecule has 0 bridgehead atoms. The molecule has 0 fully saturated rings. The summed E-state index contributed by atoms with van der Waals surface area (Å²) in [6.45, 7) is 5.26. The number of carboxylic acids is 1. The number of aliphatic carboxylic acids is 1. The van der Waals surface area contributed by atoms with E-state index >= 15 is 0 Å². The van der Waals surface area contributed by atoms with Gasteiger partial charge in [-0.2, -0.15) is 0 Å². The zero-order chi connectivity index (χ0) is 23.8. The molecule has 2 rings (SSSR count). The number of hydrogen-bond donors (Lipinski definition) is 4. The molecule has 0 aliphatic carbocycles. The SMILES string of the molecule is Cc1cc(C(=O)N[C@@H](C)c2ccccc2)cc(C)c1C(=O)CC[C@@H](CNC(N)=O)C(=O)O. The maximum absolute atomic E-state index is 12.8. The summed E-state index contributed by atoms with van der Waals surface area (Å²) in [5.74, 6) is -2.49. The fraction of sp³-hybridized carbons (Fsp3) is 0.333. The second-order valence-electron chi connectivity index (χ2n) is 7.83. The third-order valence-electron chi connectivity index (χ3n) is 5.31. The summed E-state index contributed by atoms with van der Waals surface area (Å²) in [6.07, 6.45) is 0.0554. The van der Waals surface area contributed by atoms with Crippen molar-refractivity contribution in [2.75, 3.05) is 6.54 Å². The van der Waals surface area contributed by atoms with Gasteiger partial charge in [0.2, 0.25) is 0 Å². The number of Topliss-reactive ketones (excluding diaryl/α,β-unsaturated/α-hetero) is 1. The number of nitrogens with two attached hydrogens (primary N) is 1. The number of amides is 3. The fourth-order valence-electron chi connectivity index (χ4n) is 3.61. The first-order valence-electron chi connectivity index (χ1n) is 10.4. The topological polar surface area (TPSA) is 139 Å². The van der Waals surface area contributed by atoms with Gasteiger partial charge in [-0.3, -0.25) is 14.4 Å². The van der Waals surface area contributed by atoms with E-state index in [-0.39, 0.29) is 37.1 Å². The Balaban J connectivity index is 2.09. The van der Waals surface area contributed by atoms with Gasteiger partial charge in [0, 0.05) is 24.1 Å². The Morgan fingerprint density at radius 1 is 1.03 bits per heavy atom. The molecule has 0 heterocycles. The lowest BCUT2D eigenvalue weighted by Gasteiger charge is -2.17. The Labute approximate surface area is 187 Å². The van der Waals surface area contributed by atoms with Crippen LogP contribution in [-0.2, 0) is 4.79 Å². The minimum atomic E-state index is -1.11. The van der Waals surface area contributed by atoms with Crippen molar-refractivity contribution >= 4 is 23.7 Å². The van der Waals surface area contributed by atoms with Crippen LogP contribution < -0.4 is 16.4 Å². The number of benzene rings is 2. The van der Waals surface area contributed by atoms with Crippen LogP contribution in [0.2, 0.25) is 0 Å². The standard InChI is InChI=1S/C24H29N3O5/c1-14-11-19(22(29)27-16(3)17-7-5-4-6-8-17)12-15(2)21(14)20(28)10-9-18(23(30)31)13-26-24(25)32/h4-8,11-12,16,18H,9-10,13H2,1-3H3,(H,27,29)(H,30,31)(H3,25,26,32)/t16-,18-/m0/s1. The van der Waals surface area contributed by atoms with Crippen molar-refractivity contribution in [3.8, 4) is 0 Å². The van der Waals surface area contributed by atoms with Crippen molar-refractivity contribution in [3.05, 3.63) is 70.3 Å². The van der Waals surface area contributed by atoms with Crippen LogP contribution in [-0.4, -0.2) is 35.3 Å². The molecular formula is C24H29N3O5. The maximum Gasteiger partial charge on any atom is 0.312 e. The highest BCUT2D eigenvalue weighted by Crippen LogP contribution is 2.21. The van der Waals surface area contributed by atoms with Gasteiger partial charge >= 0.3 is 12.0 Å². The number of hydrogen-bond acceptors (Lipinski definition) is 4. The summed E-state index contributed by atoms with van der Waals surface area (Å²) < 4.78 is 0. The summed E-state index contributed by atoms with van der Waals surface area (Å²) in [7, 11) is 0. The van der Waals surface area contributed by atoms with Crippen molar-refractivity contribution in [1.29, 1.82) is 0 Å². The molecule has 0 aliphatic rings. The number of aryl methyl sites for hydroxylation is 2. The predicted octanol–water partition coefficient (Wildman–Crippen LogP) is 3.13. The summed E-state index contributed by atoms with van der Waals surface area (Å²) in [6, 6.07) is 11.9. The molecule has 170 valence electrons. The quantitative estimate of drug-likeness (QED) is 0.421. The largest absolute Gasteiger partial charge is 0.481 e. The second kappa shape index (κ2) is 11.1. The van der Waals surface area contributed by atoms with Gasteiger partial charge in [0.1, 0.15) is 0 Å². The number of urea groups is 1. The van der Waals surface area contributed by atoms with E-state index in [1.54, 1.807) is 26.0 Å². The van der Waals surface area contributed by atoms with Crippen molar-refractivity contribution in [3.63, 3.8) is 0 Å². The number of carboxylic acid groups (broad SMARTS) is 1. The molecule has 0 saturated heterocycles. The molecule has 2 aromatic carbocycles. The van der Waals surface area contributed by atoms with Gasteiger partial charge in [0.25, 0.3) is 5.91 Å². The first-order valence-corrected chi connectivity index (χ1v) is 10.4. The molecule has 32 heavy (non-hydrogen) atoms. The lowest BCUT2D eigenvalue weighted by molar-refractivity contribution is -0.141. The van der Waals surface area contributed by atoms with Crippen LogP contribution in [0.1, 0.15) is 63.2 Å². The Kier molecular flexibility index (Phi) is 8.52. The van der Waals surface area contributed by atoms with Crippen LogP contribution in [0, 0.1) is 19.8 Å². The zero-order valence-corrected chi connectivity index (χ0v) is 18.5. The third kappa shape index (κ3) is 6.66. The molecule has 0 unspecified atom stereocenters. The predicted molar refractivity (Wildman–Crippen MR) is 121 cm³/mol. The van der Waals surface area contributed by atoms with Crippen LogP contribution in [0.15, 0.2) is 42.5 Å². The number of carbonyl (C=O) groups excluding carboxylic acids is 3. The molecule has 8 heteroatoms.